The van der Waals surface area contributed by atoms with Crippen LogP contribution < -0.4 is 11.3 Å². The summed E-state index contributed by atoms with van der Waals surface area (Å²) in [6, 6.07) is 27.7. The number of rotatable bonds is 6. The fourth-order valence-corrected chi connectivity index (χ4v) is 5.27. The van der Waals surface area contributed by atoms with Crippen molar-refractivity contribution < 1.29 is 9.18 Å². The van der Waals surface area contributed by atoms with Crippen LogP contribution in [0, 0.1) is 11.7 Å². The number of hydrogen-bond donors (Lipinski definition) is 1. The monoisotopic (exact) mass is 518 g/mol. The molecule has 1 amide bonds. The van der Waals surface area contributed by atoms with Crippen LogP contribution in [0.1, 0.15) is 12.0 Å². The number of fused-ring (bicyclic) bond motifs is 1. The van der Waals surface area contributed by atoms with Crippen LogP contribution in [0.5, 0.6) is 0 Å². The first-order valence-corrected chi connectivity index (χ1v) is 12.9. The predicted molar refractivity (Wildman–Crippen MR) is 151 cm³/mol. The Morgan fingerprint density at radius 1 is 0.949 bits per heavy atom. The van der Waals surface area contributed by atoms with Crippen molar-refractivity contribution in [2.75, 3.05) is 13.1 Å². The second-order valence-electron chi connectivity index (χ2n) is 9.97. The maximum Gasteiger partial charge on any atom is 0.264 e. The summed E-state index contributed by atoms with van der Waals surface area (Å²) in [7, 11) is 0. The molecule has 1 atom stereocenters. The number of aromatic nitrogens is 2. The zero-order valence-electron chi connectivity index (χ0n) is 21.3. The lowest BCUT2D eigenvalue weighted by molar-refractivity contribution is -0.121. The van der Waals surface area contributed by atoms with Crippen molar-refractivity contribution in [2.24, 2.45) is 11.7 Å². The van der Waals surface area contributed by atoms with E-state index in [1.807, 2.05) is 42.5 Å². The fraction of sp³-hybridized carbons (Fsp3) is 0.156. The maximum absolute atomic E-state index is 13.5. The Morgan fingerprint density at radius 2 is 1.69 bits per heavy atom. The standard InChI is InChI=1S/C32H27FN4O2/c33-25-10-12-26(13-11-25)37-17-15-29-28(32(37)39)18-27(22-4-2-1-3-5-22)30(35-29)23-8-6-21(7-9-23)19-36-16-14-24(20-36)31(34)38/h1-13,15,17-18,24H,14,16,19-20H2,(H2,34,38)/t24-/m1/s1. The molecule has 0 radical (unpaired) electrons. The number of nitrogens with zero attached hydrogens (tertiary/aromatic N) is 3. The molecular weight excluding hydrogens is 491 g/mol. The molecule has 0 bridgehead atoms. The van der Waals surface area contributed by atoms with Gasteiger partial charge in [0.15, 0.2) is 0 Å². The number of hydrogen-bond acceptors (Lipinski definition) is 4. The highest BCUT2D eigenvalue weighted by atomic mass is 19.1. The van der Waals surface area contributed by atoms with E-state index in [9.17, 15) is 14.0 Å². The van der Waals surface area contributed by atoms with E-state index in [-0.39, 0.29) is 23.2 Å². The second-order valence-corrected chi connectivity index (χ2v) is 9.97. The van der Waals surface area contributed by atoms with Crippen molar-refractivity contribution in [1.82, 2.24) is 14.5 Å². The molecule has 0 unspecified atom stereocenters. The molecular formula is C32H27FN4O2. The highest BCUT2D eigenvalue weighted by Crippen LogP contribution is 2.33. The SMILES string of the molecule is NC(=O)[C@@H]1CCN(Cc2ccc(-c3nc4ccn(-c5ccc(F)cc5)c(=O)c4cc3-c3ccccc3)cc2)C1. The predicted octanol–water partition coefficient (Wildman–Crippen LogP) is 5.17. The lowest BCUT2D eigenvalue weighted by Crippen LogP contribution is -2.27. The van der Waals surface area contributed by atoms with E-state index < -0.39 is 0 Å². The van der Waals surface area contributed by atoms with Gasteiger partial charge in [0, 0.05) is 36.1 Å². The van der Waals surface area contributed by atoms with Crippen LogP contribution in [0.15, 0.2) is 102 Å². The van der Waals surface area contributed by atoms with Crippen LogP contribution in [0.2, 0.25) is 0 Å². The number of amides is 1. The van der Waals surface area contributed by atoms with Crippen molar-refractivity contribution in [3.8, 4) is 28.1 Å². The lowest BCUT2D eigenvalue weighted by Gasteiger charge is -2.16. The third-order valence-corrected chi connectivity index (χ3v) is 7.38. The zero-order chi connectivity index (χ0) is 26.9. The second kappa shape index (κ2) is 10.3. The number of pyridine rings is 2. The number of primary amides is 1. The van der Waals surface area contributed by atoms with Gasteiger partial charge in [0.2, 0.25) is 5.91 Å². The summed E-state index contributed by atoms with van der Waals surface area (Å²) in [5.41, 5.74) is 11.1. The molecule has 1 fully saturated rings. The average molecular weight is 519 g/mol. The van der Waals surface area contributed by atoms with Crippen molar-refractivity contribution >= 4 is 16.8 Å². The molecule has 6 rings (SSSR count). The normalized spacial score (nSPS) is 15.6. The average Bonchev–Trinajstić information content (AvgIpc) is 3.43. The van der Waals surface area contributed by atoms with Crippen molar-refractivity contribution in [1.29, 1.82) is 0 Å². The highest BCUT2D eigenvalue weighted by Gasteiger charge is 2.26. The number of halogens is 1. The van der Waals surface area contributed by atoms with Gasteiger partial charge in [-0.3, -0.25) is 19.1 Å². The first-order chi connectivity index (χ1) is 19.0. The molecule has 2 aromatic heterocycles. The summed E-state index contributed by atoms with van der Waals surface area (Å²) in [5.74, 6) is -0.660. The first-order valence-electron chi connectivity index (χ1n) is 12.9. The Kier molecular flexibility index (Phi) is 6.50. The quantitative estimate of drug-likeness (QED) is 0.337. The molecule has 39 heavy (non-hydrogen) atoms. The van der Waals surface area contributed by atoms with Gasteiger partial charge in [-0.05, 0) is 60.5 Å². The van der Waals surface area contributed by atoms with Crippen molar-refractivity contribution in [2.45, 2.75) is 13.0 Å². The van der Waals surface area contributed by atoms with Gasteiger partial charge in [0.1, 0.15) is 5.82 Å². The molecule has 7 heteroatoms. The zero-order valence-corrected chi connectivity index (χ0v) is 21.3. The van der Waals surface area contributed by atoms with E-state index >= 15 is 0 Å². The van der Waals surface area contributed by atoms with Gasteiger partial charge in [-0.2, -0.15) is 0 Å². The van der Waals surface area contributed by atoms with Gasteiger partial charge in [0.05, 0.1) is 22.5 Å². The summed E-state index contributed by atoms with van der Waals surface area (Å²) in [5, 5.41) is 0.485. The molecule has 3 heterocycles. The van der Waals surface area contributed by atoms with Crippen LogP contribution in [-0.4, -0.2) is 33.4 Å². The van der Waals surface area contributed by atoms with Gasteiger partial charge in [0.25, 0.3) is 5.56 Å². The number of nitrogens with two attached hydrogens (primary N) is 1. The maximum atomic E-state index is 13.5. The minimum Gasteiger partial charge on any atom is -0.369 e. The van der Waals surface area contributed by atoms with E-state index in [1.54, 1.807) is 18.3 Å². The molecule has 5 aromatic rings. The topological polar surface area (TPSA) is 81.2 Å². The van der Waals surface area contributed by atoms with Gasteiger partial charge >= 0.3 is 0 Å². The smallest absolute Gasteiger partial charge is 0.264 e. The van der Waals surface area contributed by atoms with Gasteiger partial charge in [-0.15, -0.1) is 0 Å². The molecule has 1 saturated heterocycles. The van der Waals surface area contributed by atoms with E-state index in [0.717, 1.165) is 47.5 Å². The summed E-state index contributed by atoms with van der Waals surface area (Å²) >= 11 is 0. The third-order valence-electron chi connectivity index (χ3n) is 7.38. The van der Waals surface area contributed by atoms with Crippen LogP contribution >= 0.6 is 0 Å². The van der Waals surface area contributed by atoms with E-state index in [0.29, 0.717) is 23.1 Å². The van der Waals surface area contributed by atoms with Crippen LogP contribution in [-0.2, 0) is 11.3 Å². The molecule has 6 nitrogen and oxygen atoms in total. The molecule has 194 valence electrons. The highest BCUT2D eigenvalue weighted by molar-refractivity contribution is 5.91. The number of carbonyl (C=O) groups is 1. The van der Waals surface area contributed by atoms with Crippen LogP contribution in [0.3, 0.4) is 0 Å². The molecule has 0 saturated carbocycles. The molecule has 3 aromatic carbocycles. The molecule has 1 aliphatic rings. The molecule has 2 N–H and O–H groups in total. The first kappa shape index (κ1) is 24.7. The largest absolute Gasteiger partial charge is 0.369 e. The molecule has 0 spiro atoms. The number of carbonyl (C=O) groups excluding carboxylic acids is 1. The third kappa shape index (κ3) is 4.96. The van der Waals surface area contributed by atoms with Crippen molar-refractivity contribution in [3.63, 3.8) is 0 Å². The number of likely N-dealkylation sites (tertiary alicyclic amines) is 1. The Bertz CT molecular complexity index is 1710. The van der Waals surface area contributed by atoms with Gasteiger partial charge < -0.3 is 5.73 Å². The fourth-order valence-electron chi connectivity index (χ4n) is 5.27. The minimum atomic E-state index is -0.355. The Balaban J connectivity index is 1.39. The summed E-state index contributed by atoms with van der Waals surface area (Å²) in [6.45, 7) is 2.30. The lowest BCUT2D eigenvalue weighted by atomic mass is 9.97. The van der Waals surface area contributed by atoms with E-state index in [4.69, 9.17) is 10.7 Å². The Morgan fingerprint density at radius 3 is 2.38 bits per heavy atom. The number of benzene rings is 3. The Labute approximate surface area is 225 Å². The van der Waals surface area contributed by atoms with Gasteiger partial charge in [-0.25, -0.2) is 9.37 Å². The molecule has 1 aliphatic heterocycles. The van der Waals surface area contributed by atoms with Gasteiger partial charge in [-0.1, -0.05) is 54.6 Å². The van der Waals surface area contributed by atoms with Crippen LogP contribution in [0.25, 0.3) is 39.0 Å². The van der Waals surface area contributed by atoms with E-state index in [1.165, 1.54) is 16.7 Å². The molecule has 0 aliphatic carbocycles. The summed E-state index contributed by atoms with van der Waals surface area (Å²) in [6.07, 6.45) is 2.48. The summed E-state index contributed by atoms with van der Waals surface area (Å²) < 4.78 is 15.0. The Hall–Kier alpha value is -4.62. The van der Waals surface area contributed by atoms with E-state index in [2.05, 4.69) is 29.2 Å². The van der Waals surface area contributed by atoms with Crippen LogP contribution in [0.4, 0.5) is 4.39 Å². The summed E-state index contributed by atoms with van der Waals surface area (Å²) in [4.78, 5) is 32.2. The minimum absolute atomic E-state index is 0.0767. The van der Waals surface area contributed by atoms with Crippen molar-refractivity contribution in [3.05, 3.63) is 119 Å².